The molecule has 2 aromatic rings. The molecule has 0 aliphatic carbocycles. The predicted molar refractivity (Wildman–Crippen MR) is 86.0 cm³/mol. The van der Waals surface area contributed by atoms with Gasteiger partial charge in [0.15, 0.2) is 0 Å². The molecule has 0 aromatic heterocycles. The van der Waals surface area contributed by atoms with Gasteiger partial charge in [-0.3, -0.25) is 0 Å². The summed E-state index contributed by atoms with van der Waals surface area (Å²) in [6, 6.07) is 11.4. The van der Waals surface area contributed by atoms with Crippen molar-refractivity contribution in [1.29, 1.82) is 0 Å². The second-order valence-electron chi connectivity index (χ2n) is 4.96. The van der Waals surface area contributed by atoms with E-state index in [0.29, 0.717) is 22.8 Å². The van der Waals surface area contributed by atoms with Gasteiger partial charge in [0.05, 0.1) is 18.4 Å². The first-order valence-electron chi connectivity index (χ1n) is 6.69. The molecule has 0 heterocycles. The first-order valence-corrected chi connectivity index (χ1v) is 7.07. The fourth-order valence-electron chi connectivity index (χ4n) is 2.19. The molecule has 0 radical (unpaired) electrons. The lowest BCUT2D eigenvalue weighted by Gasteiger charge is -2.13. The van der Waals surface area contributed by atoms with Crippen LogP contribution in [-0.2, 0) is 11.3 Å². The van der Waals surface area contributed by atoms with Crippen molar-refractivity contribution in [3.8, 4) is 0 Å². The Balaban J connectivity index is 2.23. The van der Waals surface area contributed by atoms with E-state index < -0.39 is 0 Å². The van der Waals surface area contributed by atoms with Crippen LogP contribution in [0.1, 0.15) is 27.0 Å². The number of anilines is 1. The van der Waals surface area contributed by atoms with Gasteiger partial charge in [-0.05, 0) is 43.2 Å². The summed E-state index contributed by atoms with van der Waals surface area (Å²) in [5.41, 5.74) is 4.77. The molecule has 0 spiro atoms. The third-order valence-electron chi connectivity index (χ3n) is 3.35. The van der Waals surface area contributed by atoms with Gasteiger partial charge in [0.1, 0.15) is 0 Å². The third kappa shape index (κ3) is 3.76. The van der Waals surface area contributed by atoms with Crippen LogP contribution in [-0.4, -0.2) is 13.1 Å². The van der Waals surface area contributed by atoms with Crippen LogP contribution in [0.15, 0.2) is 36.4 Å². The van der Waals surface area contributed by atoms with Gasteiger partial charge in [0.25, 0.3) is 0 Å². The van der Waals surface area contributed by atoms with Crippen molar-refractivity contribution in [2.75, 3.05) is 12.4 Å². The van der Waals surface area contributed by atoms with E-state index in [2.05, 4.69) is 37.4 Å². The second kappa shape index (κ2) is 6.64. The highest BCUT2D eigenvalue weighted by Crippen LogP contribution is 2.23. The van der Waals surface area contributed by atoms with E-state index >= 15 is 0 Å². The summed E-state index contributed by atoms with van der Waals surface area (Å²) in [5.74, 6) is -0.380. The lowest BCUT2D eigenvalue weighted by Crippen LogP contribution is -2.09. The van der Waals surface area contributed by atoms with Crippen molar-refractivity contribution in [2.24, 2.45) is 0 Å². The van der Waals surface area contributed by atoms with Crippen molar-refractivity contribution in [2.45, 2.75) is 20.4 Å². The molecule has 0 bridgehead atoms. The van der Waals surface area contributed by atoms with Gasteiger partial charge >= 0.3 is 5.97 Å². The van der Waals surface area contributed by atoms with Gasteiger partial charge in [-0.2, -0.15) is 0 Å². The average Bonchev–Trinajstić information content (AvgIpc) is 2.45. The summed E-state index contributed by atoms with van der Waals surface area (Å²) in [4.78, 5) is 11.8. The van der Waals surface area contributed by atoms with Crippen molar-refractivity contribution in [3.05, 3.63) is 63.7 Å². The van der Waals surface area contributed by atoms with E-state index in [1.165, 1.54) is 23.8 Å². The Bertz CT molecular complexity index is 668. The number of hydrogen-bond acceptors (Lipinski definition) is 3. The maximum Gasteiger partial charge on any atom is 0.339 e. The second-order valence-corrected chi connectivity index (χ2v) is 5.40. The molecular weight excluding hydrogens is 286 g/mol. The minimum atomic E-state index is -0.380. The quantitative estimate of drug-likeness (QED) is 0.853. The number of ether oxygens (including phenoxy) is 1. The number of carbonyl (C=O) groups is 1. The van der Waals surface area contributed by atoms with Crippen LogP contribution in [0.2, 0.25) is 5.02 Å². The molecule has 0 fully saturated rings. The van der Waals surface area contributed by atoms with Crippen LogP contribution in [0.5, 0.6) is 0 Å². The molecule has 2 rings (SSSR count). The highest BCUT2D eigenvalue weighted by Gasteiger charge is 2.12. The molecule has 0 saturated heterocycles. The molecule has 0 aliphatic rings. The van der Waals surface area contributed by atoms with Crippen LogP contribution in [0.3, 0.4) is 0 Å². The number of aryl methyl sites for hydroxylation is 2. The van der Waals surface area contributed by atoms with E-state index in [9.17, 15) is 4.79 Å². The lowest BCUT2D eigenvalue weighted by atomic mass is 10.1. The van der Waals surface area contributed by atoms with E-state index in [0.717, 1.165) is 0 Å². The topological polar surface area (TPSA) is 38.3 Å². The first kappa shape index (κ1) is 15.4. The molecule has 2 aromatic carbocycles. The first-order chi connectivity index (χ1) is 10.0. The van der Waals surface area contributed by atoms with Gasteiger partial charge in [0.2, 0.25) is 0 Å². The van der Waals surface area contributed by atoms with Gasteiger partial charge in [-0.1, -0.05) is 35.4 Å². The lowest BCUT2D eigenvalue weighted by molar-refractivity contribution is 0.0602. The molecule has 3 nitrogen and oxygen atoms in total. The molecule has 21 heavy (non-hydrogen) atoms. The van der Waals surface area contributed by atoms with E-state index in [1.54, 1.807) is 18.2 Å². The number of methoxy groups -OCH3 is 1. The monoisotopic (exact) mass is 303 g/mol. The summed E-state index contributed by atoms with van der Waals surface area (Å²) in [6.45, 7) is 4.76. The zero-order chi connectivity index (χ0) is 15.4. The average molecular weight is 304 g/mol. The highest BCUT2D eigenvalue weighted by molar-refractivity contribution is 6.31. The number of halogens is 1. The zero-order valence-corrected chi connectivity index (χ0v) is 13.1. The van der Waals surface area contributed by atoms with Crippen molar-refractivity contribution >= 4 is 23.3 Å². The van der Waals surface area contributed by atoms with Crippen molar-refractivity contribution < 1.29 is 9.53 Å². The molecule has 4 heteroatoms. The van der Waals surface area contributed by atoms with Crippen molar-refractivity contribution in [3.63, 3.8) is 0 Å². The summed E-state index contributed by atoms with van der Waals surface area (Å²) in [6.07, 6.45) is 0. The Kier molecular flexibility index (Phi) is 4.86. The standard InChI is InChI=1S/C17H18ClNO2/c1-11-4-5-13(12(2)8-11)10-19-16-9-14(18)6-7-15(16)17(20)21-3/h4-9,19H,10H2,1-3H3. The van der Waals surface area contributed by atoms with Crippen LogP contribution >= 0.6 is 11.6 Å². The van der Waals surface area contributed by atoms with Gasteiger partial charge in [-0.15, -0.1) is 0 Å². The largest absolute Gasteiger partial charge is 0.465 e. The molecule has 0 saturated carbocycles. The smallest absolute Gasteiger partial charge is 0.339 e. The van der Waals surface area contributed by atoms with Crippen LogP contribution in [0, 0.1) is 13.8 Å². The van der Waals surface area contributed by atoms with Gasteiger partial charge in [0, 0.05) is 11.6 Å². The Hall–Kier alpha value is -2.00. The molecule has 0 aliphatic heterocycles. The summed E-state index contributed by atoms with van der Waals surface area (Å²) in [5, 5.41) is 3.84. The third-order valence-corrected chi connectivity index (χ3v) is 3.59. The Morgan fingerprint density at radius 3 is 2.62 bits per heavy atom. The molecule has 0 amide bonds. The van der Waals surface area contributed by atoms with Crippen LogP contribution < -0.4 is 5.32 Å². The predicted octanol–water partition coefficient (Wildman–Crippen LogP) is 4.36. The number of benzene rings is 2. The molecule has 110 valence electrons. The Labute approximate surface area is 129 Å². The minimum absolute atomic E-state index is 0.380. The molecular formula is C17H18ClNO2. The molecule has 1 N–H and O–H groups in total. The van der Waals surface area contributed by atoms with E-state index in [4.69, 9.17) is 16.3 Å². The van der Waals surface area contributed by atoms with E-state index in [-0.39, 0.29) is 5.97 Å². The Morgan fingerprint density at radius 2 is 1.95 bits per heavy atom. The van der Waals surface area contributed by atoms with Crippen molar-refractivity contribution in [1.82, 2.24) is 0 Å². The molecule has 0 unspecified atom stereocenters. The zero-order valence-electron chi connectivity index (χ0n) is 12.4. The fourth-order valence-corrected chi connectivity index (χ4v) is 2.36. The maximum absolute atomic E-state index is 11.8. The maximum atomic E-state index is 11.8. The minimum Gasteiger partial charge on any atom is -0.465 e. The number of rotatable bonds is 4. The normalized spacial score (nSPS) is 10.3. The van der Waals surface area contributed by atoms with Crippen LogP contribution in [0.4, 0.5) is 5.69 Å². The van der Waals surface area contributed by atoms with Crippen LogP contribution in [0.25, 0.3) is 0 Å². The SMILES string of the molecule is COC(=O)c1ccc(Cl)cc1NCc1ccc(C)cc1C. The summed E-state index contributed by atoms with van der Waals surface area (Å²) >= 11 is 6.01. The fraction of sp³-hybridized carbons (Fsp3) is 0.235. The van der Waals surface area contributed by atoms with Gasteiger partial charge in [-0.25, -0.2) is 4.79 Å². The number of nitrogens with one attached hydrogen (secondary N) is 1. The number of hydrogen-bond donors (Lipinski definition) is 1. The summed E-state index contributed by atoms with van der Waals surface area (Å²) in [7, 11) is 1.37. The number of carbonyl (C=O) groups excluding carboxylic acids is 1. The van der Waals surface area contributed by atoms with E-state index in [1.807, 2.05) is 0 Å². The molecule has 0 atom stereocenters. The Morgan fingerprint density at radius 1 is 1.19 bits per heavy atom. The number of esters is 1. The highest BCUT2D eigenvalue weighted by atomic mass is 35.5. The summed E-state index contributed by atoms with van der Waals surface area (Å²) < 4.78 is 4.79. The van der Waals surface area contributed by atoms with Gasteiger partial charge < -0.3 is 10.1 Å².